The molecule has 0 amide bonds. The summed E-state index contributed by atoms with van der Waals surface area (Å²) in [6.07, 6.45) is 10.0. The first-order valence-electron chi connectivity index (χ1n) is 8.54. The number of nitrogens with one attached hydrogen (secondary N) is 1. The monoisotopic (exact) mass is 289 g/mol. The maximum absolute atomic E-state index is 3.27. The summed E-state index contributed by atoms with van der Waals surface area (Å²) in [5, 5.41) is 1.31. The van der Waals surface area contributed by atoms with E-state index in [0.29, 0.717) is 0 Å². The van der Waals surface area contributed by atoms with Gasteiger partial charge in [0.25, 0.3) is 0 Å². The van der Waals surface area contributed by atoms with E-state index in [1.54, 1.807) is 5.56 Å². The topological polar surface area (TPSA) is 15.8 Å². The Hall–Kier alpha value is -2.02. The predicted octanol–water partition coefficient (Wildman–Crippen LogP) is 5.81. The molecule has 1 fully saturated rings. The molecular formula is C21H23N. The Labute approximate surface area is 132 Å². The zero-order valence-electron chi connectivity index (χ0n) is 13.0. The molecule has 0 aliphatic heterocycles. The van der Waals surface area contributed by atoms with Crippen molar-refractivity contribution in [2.45, 2.75) is 44.4 Å². The van der Waals surface area contributed by atoms with Crippen molar-refractivity contribution in [3.05, 3.63) is 71.4 Å². The van der Waals surface area contributed by atoms with Crippen LogP contribution in [0, 0.1) is 0 Å². The van der Waals surface area contributed by atoms with Crippen molar-refractivity contribution in [3.63, 3.8) is 0 Å². The minimum Gasteiger partial charge on any atom is -0.361 e. The highest BCUT2D eigenvalue weighted by atomic mass is 14.7. The third-order valence-corrected chi connectivity index (χ3v) is 5.11. The Morgan fingerprint density at radius 3 is 2.68 bits per heavy atom. The molecule has 1 saturated carbocycles. The van der Waals surface area contributed by atoms with Gasteiger partial charge in [0.2, 0.25) is 0 Å². The van der Waals surface area contributed by atoms with E-state index in [2.05, 4.69) is 53.5 Å². The number of hydrogen-bond acceptors (Lipinski definition) is 0. The maximum Gasteiger partial charge on any atom is 0.0454 e. The molecule has 0 bridgehead atoms. The SMILES string of the molecule is c1ccc(C2CCCCC2)c(Cc2ccc3[nH]ccc3c2)c1. The molecule has 0 spiro atoms. The minimum absolute atomic E-state index is 0.779. The fourth-order valence-electron chi connectivity index (χ4n) is 3.94. The van der Waals surface area contributed by atoms with Crippen molar-refractivity contribution in [1.29, 1.82) is 0 Å². The first-order valence-corrected chi connectivity index (χ1v) is 8.54. The molecule has 22 heavy (non-hydrogen) atoms. The lowest BCUT2D eigenvalue weighted by atomic mass is 9.81. The van der Waals surface area contributed by atoms with Gasteiger partial charge in [0.05, 0.1) is 0 Å². The van der Waals surface area contributed by atoms with Crippen LogP contribution in [0.3, 0.4) is 0 Å². The third kappa shape index (κ3) is 2.68. The molecule has 1 aliphatic rings. The summed E-state index contributed by atoms with van der Waals surface area (Å²) in [6, 6.07) is 18.0. The summed E-state index contributed by atoms with van der Waals surface area (Å²) < 4.78 is 0. The van der Waals surface area contributed by atoms with Gasteiger partial charge in [0.1, 0.15) is 0 Å². The molecule has 4 rings (SSSR count). The highest BCUT2D eigenvalue weighted by molar-refractivity contribution is 5.80. The Kier molecular flexibility index (Phi) is 3.72. The molecule has 2 aromatic carbocycles. The van der Waals surface area contributed by atoms with Gasteiger partial charge in [-0.25, -0.2) is 0 Å². The Morgan fingerprint density at radius 1 is 0.909 bits per heavy atom. The summed E-state index contributed by atoms with van der Waals surface area (Å²) in [4.78, 5) is 3.27. The predicted molar refractivity (Wildman–Crippen MR) is 93.4 cm³/mol. The normalized spacial score (nSPS) is 16.2. The van der Waals surface area contributed by atoms with E-state index < -0.39 is 0 Å². The van der Waals surface area contributed by atoms with Crippen LogP contribution in [-0.4, -0.2) is 4.98 Å². The highest BCUT2D eigenvalue weighted by Gasteiger charge is 2.18. The summed E-state index contributed by atoms with van der Waals surface area (Å²) in [6.45, 7) is 0. The van der Waals surface area contributed by atoms with Crippen LogP contribution in [0.15, 0.2) is 54.7 Å². The van der Waals surface area contributed by atoms with Crippen molar-refractivity contribution in [3.8, 4) is 0 Å². The first kappa shape index (κ1) is 13.6. The average molecular weight is 289 g/mol. The number of aromatic amines is 1. The molecule has 0 saturated heterocycles. The second-order valence-corrected chi connectivity index (χ2v) is 6.61. The Bertz CT molecular complexity index is 762. The van der Waals surface area contributed by atoms with Gasteiger partial charge in [0.15, 0.2) is 0 Å². The fourth-order valence-corrected chi connectivity index (χ4v) is 3.94. The number of fused-ring (bicyclic) bond motifs is 1. The van der Waals surface area contributed by atoms with Gasteiger partial charge in [-0.2, -0.15) is 0 Å². The number of aromatic nitrogens is 1. The van der Waals surface area contributed by atoms with Crippen molar-refractivity contribution in [2.75, 3.05) is 0 Å². The molecule has 1 aliphatic carbocycles. The molecule has 0 radical (unpaired) electrons. The second kappa shape index (κ2) is 6.00. The highest BCUT2D eigenvalue weighted by Crippen LogP contribution is 2.35. The van der Waals surface area contributed by atoms with Crippen LogP contribution in [0.1, 0.15) is 54.7 Å². The van der Waals surface area contributed by atoms with E-state index in [4.69, 9.17) is 0 Å². The molecule has 112 valence electrons. The van der Waals surface area contributed by atoms with Gasteiger partial charge in [-0.3, -0.25) is 0 Å². The Balaban J connectivity index is 1.64. The van der Waals surface area contributed by atoms with Crippen LogP contribution >= 0.6 is 0 Å². The van der Waals surface area contributed by atoms with E-state index in [-0.39, 0.29) is 0 Å². The van der Waals surface area contributed by atoms with Crippen LogP contribution < -0.4 is 0 Å². The van der Waals surface area contributed by atoms with Crippen LogP contribution in [0.4, 0.5) is 0 Å². The zero-order chi connectivity index (χ0) is 14.8. The van der Waals surface area contributed by atoms with Crippen molar-refractivity contribution >= 4 is 10.9 Å². The van der Waals surface area contributed by atoms with Gasteiger partial charge in [0, 0.05) is 11.7 Å². The van der Waals surface area contributed by atoms with Crippen molar-refractivity contribution < 1.29 is 0 Å². The summed E-state index contributed by atoms with van der Waals surface area (Å²) in [7, 11) is 0. The zero-order valence-corrected chi connectivity index (χ0v) is 13.0. The quantitative estimate of drug-likeness (QED) is 0.626. The maximum atomic E-state index is 3.27. The second-order valence-electron chi connectivity index (χ2n) is 6.61. The van der Waals surface area contributed by atoms with Crippen molar-refractivity contribution in [2.24, 2.45) is 0 Å². The third-order valence-electron chi connectivity index (χ3n) is 5.11. The molecule has 1 heterocycles. The lowest BCUT2D eigenvalue weighted by molar-refractivity contribution is 0.442. The number of benzene rings is 2. The van der Waals surface area contributed by atoms with Crippen molar-refractivity contribution in [1.82, 2.24) is 4.98 Å². The first-order chi connectivity index (χ1) is 10.9. The summed E-state index contributed by atoms with van der Waals surface area (Å²) in [5.41, 5.74) is 5.75. The summed E-state index contributed by atoms with van der Waals surface area (Å²) in [5.74, 6) is 0.779. The smallest absolute Gasteiger partial charge is 0.0454 e. The van der Waals surface area contributed by atoms with E-state index in [0.717, 1.165) is 12.3 Å². The largest absolute Gasteiger partial charge is 0.361 e. The van der Waals surface area contributed by atoms with Crippen LogP contribution in [-0.2, 0) is 6.42 Å². The molecular weight excluding hydrogens is 266 g/mol. The van der Waals surface area contributed by atoms with Crippen LogP contribution in [0.5, 0.6) is 0 Å². The van der Waals surface area contributed by atoms with Gasteiger partial charge >= 0.3 is 0 Å². The van der Waals surface area contributed by atoms with Gasteiger partial charge in [-0.05, 0) is 65.5 Å². The van der Waals surface area contributed by atoms with Gasteiger partial charge < -0.3 is 4.98 Å². The number of hydrogen-bond donors (Lipinski definition) is 1. The van der Waals surface area contributed by atoms with E-state index in [1.165, 1.54) is 54.1 Å². The molecule has 0 unspecified atom stereocenters. The molecule has 0 atom stereocenters. The fraction of sp³-hybridized carbons (Fsp3) is 0.333. The van der Waals surface area contributed by atoms with Crippen LogP contribution in [0.2, 0.25) is 0 Å². The molecule has 3 aromatic rings. The average Bonchev–Trinajstić information content (AvgIpc) is 3.04. The standard InChI is InChI=1S/C21H23N/c1-2-6-17(7-3-1)20-9-5-4-8-18(20)14-16-10-11-21-19(15-16)12-13-22-21/h4-5,8-13,15,17,22H,1-3,6-7,14H2. The lowest BCUT2D eigenvalue weighted by Gasteiger charge is -2.24. The van der Waals surface area contributed by atoms with E-state index in [1.807, 2.05) is 6.20 Å². The Morgan fingerprint density at radius 2 is 1.77 bits per heavy atom. The van der Waals surface area contributed by atoms with E-state index in [9.17, 15) is 0 Å². The van der Waals surface area contributed by atoms with Gasteiger partial charge in [-0.1, -0.05) is 49.6 Å². The van der Waals surface area contributed by atoms with E-state index >= 15 is 0 Å². The summed E-state index contributed by atoms with van der Waals surface area (Å²) >= 11 is 0. The molecule has 1 nitrogen and oxygen atoms in total. The number of rotatable bonds is 3. The minimum atomic E-state index is 0.779. The molecule has 1 aromatic heterocycles. The lowest BCUT2D eigenvalue weighted by Crippen LogP contribution is -2.07. The molecule has 1 N–H and O–H groups in total. The van der Waals surface area contributed by atoms with Gasteiger partial charge in [-0.15, -0.1) is 0 Å². The molecule has 1 heteroatoms. The van der Waals surface area contributed by atoms with Crippen LogP contribution in [0.25, 0.3) is 10.9 Å². The number of H-pyrrole nitrogens is 1.